The molecular formula is C22H26N4. The maximum atomic E-state index is 4.78. The Morgan fingerprint density at radius 1 is 0.885 bits per heavy atom. The Kier molecular flexibility index (Phi) is 3.84. The van der Waals surface area contributed by atoms with Gasteiger partial charge in [0.2, 0.25) is 0 Å². The quantitative estimate of drug-likeness (QED) is 0.697. The lowest BCUT2D eigenvalue weighted by atomic mass is 10.0. The first-order chi connectivity index (χ1) is 12.8. The highest BCUT2D eigenvalue weighted by molar-refractivity contribution is 5.86. The van der Waals surface area contributed by atoms with Crippen LogP contribution >= 0.6 is 0 Å². The number of piperidine rings is 1. The van der Waals surface area contributed by atoms with Crippen LogP contribution < -0.4 is 9.80 Å². The SMILES string of the molecule is Cn1c2c(c3ccccc31)CN(c1ccc(N3CCCCC3)nc1)CC2. The van der Waals surface area contributed by atoms with Gasteiger partial charge in [-0.2, -0.15) is 0 Å². The molecule has 5 rings (SSSR count). The second-order valence-electron chi connectivity index (χ2n) is 7.60. The van der Waals surface area contributed by atoms with Crippen LogP contribution in [-0.2, 0) is 20.0 Å². The van der Waals surface area contributed by atoms with Crippen molar-refractivity contribution in [2.45, 2.75) is 32.2 Å². The van der Waals surface area contributed by atoms with Crippen molar-refractivity contribution >= 4 is 22.4 Å². The number of aryl methyl sites for hydroxylation is 1. The molecule has 2 aliphatic heterocycles. The summed E-state index contributed by atoms with van der Waals surface area (Å²) in [6.07, 6.45) is 7.10. The monoisotopic (exact) mass is 346 g/mol. The van der Waals surface area contributed by atoms with Crippen LogP contribution in [0.5, 0.6) is 0 Å². The molecule has 4 heteroatoms. The van der Waals surface area contributed by atoms with Crippen molar-refractivity contribution in [3.05, 3.63) is 53.9 Å². The molecule has 0 amide bonds. The first kappa shape index (κ1) is 15.7. The molecule has 4 heterocycles. The van der Waals surface area contributed by atoms with Gasteiger partial charge < -0.3 is 14.4 Å². The minimum Gasteiger partial charge on any atom is -0.365 e. The van der Waals surface area contributed by atoms with Crippen molar-refractivity contribution in [2.24, 2.45) is 7.05 Å². The number of hydrogen-bond acceptors (Lipinski definition) is 3. The number of nitrogens with zero attached hydrogens (tertiary/aromatic N) is 4. The maximum absolute atomic E-state index is 4.78. The lowest BCUT2D eigenvalue weighted by Gasteiger charge is -2.31. The standard InChI is InChI=1S/C22H26N4/c1-24-20-8-4-3-7-18(20)19-16-26(14-11-21(19)24)17-9-10-22(23-15-17)25-12-5-2-6-13-25/h3-4,7-10,15H,2,5-6,11-14,16H2,1H3. The molecule has 0 N–H and O–H groups in total. The smallest absolute Gasteiger partial charge is 0.128 e. The molecule has 1 fully saturated rings. The fraction of sp³-hybridized carbons (Fsp3) is 0.409. The van der Waals surface area contributed by atoms with E-state index >= 15 is 0 Å². The molecule has 4 nitrogen and oxygen atoms in total. The van der Waals surface area contributed by atoms with E-state index in [1.807, 2.05) is 0 Å². The summed E-state index contributed by atoms with van der Waals surface area (Å²) in [5.41, 5.74) is 5.55. The summed E-state index contributed by atoms with van der Waals surface area (Å²) in [4.78, 5) is 9.68. The Morgan fingerprint density at radius 2 is 1.73 bits per heavy atom. The molecule has 2 aliphatic rings. The molecule has 0 bridgehead atoms. The third kappa shape index (κ3) is 2.56. The van der Waals surface area contributed by atoms with Gasteiger partial charge >= 0.3 is 0 Å². The number of rotatable bonds is 2. The summed E-state index contributed by atoms with van der Waals surface area (Å²) in [6.45, 7) is 4.33. The zero-order chi connectivity index (χ0) is 17.5. The molecule has 3 aromatic rings. The van der Waals surface area contributed by atoms with E-state index in [-0.39, 0.29) is 0 Å². The van der Waals surface area contributed by atoms with Crippen LogP contribution in [0.1, 0.15) is 30.5 Å². The molecule has 134 valence electrons. The summed E-state index contributed by atoms with van der Waals surface area (Å²) in [7, 11) is 2.20. The predicted octanol–water partition coefficient (Wildman–Crippen LogP) is 4.13. The van der Waals surface area contributed by atoms with E-state index in [0.717, 1.165) is 38.4 Å². The third-order valence-corrected chi connectivity index (χ3v) is 6.09. The normalized spacial score (nSPS) is 17.6. The minimum atomic E-state index is 0.974. The summed E-state index contributed by atoms with van der Waals surface area (Å²) in [5, 5.41) is 1.40. The third-order valence-electron chi connectivity index (χ3n) is 6.09. The van der Waals surface area contributed by atoms with Crippen molar-refractivity contribution in [3.8, 4) is 0 Å². The van der Waals surface area contributed by atoms with Crippen LogP contribution in [-0.4, -0.2) is 29.2 Å². The molecule has 0 spiro atoms. The van der Waals surface area contributed by atoms with Gasteiger partial charge in [-0.15, -0.1) is 0 Å². The molecule has 0 radical (unpaired) electrons. The van der Waals surface area contributed by atoms with Gasteiger partial charge in [-0.05, 0) is 37.5 Å². The van der Waals surface area contributed by atoms with Crippen molar-refractivity contribution < 1.29 is 0 Å². The largest absolute Gasteiger partial charge is 0.365 e. The second-order valence-corrected chi connectivity index (χ2v) is 7.60. The van der Waals surface area contributed by atoms with E-state index in [4.69, 9.17) is 4.98 Å². The van der Waals surface area contributed by atoms with Crippen molar-refractivity contribution in [1.29, 1.82) is 0 Å². The van der Waals surface area contributed by atoms with Gasteiger partial charge in [0.15, 0.2) is 0 Å². The van der Waals surface area contributed by atoms with Crippen LogP contribution in [0.2, 0.25) is 0 Å². The first-order valence-corrected chi connectivity index (χ1v) is 9.82. The number of fused-ring (bicyclic) bond motifs is 3. The number of aromatic nitrogens is 2. The maximum Gasteiger partial charge on any atom is 0.128 e. The first-order valence-electron chi connectivity index (χ1n) is 9.82. The van der Waals surface area contributed by atoms with Gasteiger partial charge in [0.05, 0.1) is 11.9 Å². The molecule has 1 aromatic carbocycles. The number of benzene rings is 1. The van der Waals surface area contributed by atoms with Crippen LogP contribution in [0.3, 0.4) is 0 Å². The van der Waals surface area contributed by atoms with Gasteiger partial charge in [0.1, 0.15) is 5.82 Å². The Hall–Kier alpha value is -2.49. The Balaban J connectivity index is 1.41. The summed E-state index contributed by atoms with van der Waals surface area (Å²) in [6, 6.07) is 13.2. The molecule has 0 unspecified atom stereocenters. The van der Waals surface area contributed by atoms with Crippen LogP contribution in [0, 0.1) is 0 Å². The van der Waals surface area contributed by atoms with Crippen LogP contribution in [0.4, 0.5) is 11.5 Å². The van der Waals surface area contributed by atoms with E-state index in [2.05, 4.69) is 64.0 Å². The van der Waals surface area contributed by atoms with Gasteiger partial charge in [-0.1, -0.05) is 18.2 Å². The summed E-state index contributed by atoms with van der Waals surface area (Å²) >= 11 is 0. The molecule has 2 aromatic heterocycles. The predicted molar refractivity (Wildman–Crippen MR) is 108 cm³/mol. The number of hydrogen-bond donors (Lipinski definition) is 0. The summed E-state index contributed by atoms with van der Waals surface area (Å²) < 4.78 is 2.37. The zero-order valence-electron chi connectivity index (χ0n) is 15.5. The lowest BCUT2D eigenvalue weighted by molar-refractivity contribution is 0.573. The van der Waals surface area contributed by atoms with E-state index in [9.17, 15) is 0 Å². The molecule has 0 saturated carbocycles. The van der Waals surface area contributed by atoms with Crippen LogP contribution in [0.25, 0.3) is 10.9 Å². The average molecular weight is 346 g/mol. The highest BCUT2D eigenvalue weighted by Gasteiger charge is 2.23. The molecular weight excluding hydrogens is 320 g/mol. The van der Waals surface area contributed by atoms with E-state index < -0.39 is 0 Å². The van der Waals surface area contributed by atoms with Gasteiger partial charge in [0, 0.05) is 61.8 Å². The Labute approximate surface area is 155 Å². The van der Waals surface area contributed by atoms with Crippen LogP contribution in [0.15, 0.2) is 42.6 Å². The van der Waals surface area contributed by atoms with E-state index in [1.54, 1.807) is 0 Å². The Morgan fingerprint density at radius 3 is 2.54 bits per heavy atom. The number of para-hydroxylation sites is 1. The lowest BCUT2D eigenvalue weighted by Crippen LogP contribution is -2.32. The van der Waals surface area contributed by atoms with Crippen molar-refractivity contribution in [3.63, 3.8) is 0 Å². The zero-order valence-corrected chi connectivity index (χ0v) is 15.5. The summed E-state index contributed by atoms with van der Waals surface area (Å²) in [5.74, 6) is 1.14. The number of pyridine rings is 1. The molecule has 0 aliphatic carbocycles. The fourth-order valence-electron chi connectivity index (χ4n) is 4.63. The van der Waals surface area contributed by atoms with Crippen molar-refractivity contribution in [1.82, 2.24) is 9.55 Å². The molecule has 1 saturated heterocycles. The van der Waals surface area contributed by atoms with E-state index in [1.165, 1.54) is 47.1 Å². The average Bonchev–Trinajstić information content (AvgIpc) is 3.01. The second kappa shape index (κ2) is 6.35. The van der Waals surface area contributed by atoms with E-state index in [0.29, 0.717) is 0 Å². The highest BCUT2D eigenvalue weighted by atomic mass is 15.2. The number of anilines is 2. The van der Waals surface area contributed by atoms with Gasteiger partial charge in [-0.25, -0.2) is 4.98 Å². The topological polar surface area (TPSA) is 24.3 Å². The fourth-order valence-corrected chi connectivity index (χ4v) is 4.63. The highest BCUT2D eigenvalue weighted by Crippen LogP contribution is 2.32. The Bertz CT molecular complexity index is 919. The molecule has 26 heavy (non-hydrogen) atoms. The molecule has 0 atom stereocenters. The van der Waals surface area contributed by atoms with Gasteiger partial charge in [0.25, 0.3) is 0 Å². The van der Waals surface area contributed by atoms with Crippen molar-refractivity contribution in [2.75, 3.05) is 29.4 Å². The van der Waals surface area contributed by atoms with Gasteiger partial charge in [-0.3, -0.25) is 0 Å². The minimum absolute atomic E-state index is 0.974.